The van der Waals surface area contributed by atoms with Gasteiger partial charge in [-0.05, 0) is 37.6 Å². The SMILES string of the molecule is Cc1ccc(Nc2ccnc(C(=O)O)c2)c(C)c1. The van der Waals surface area contributed by atoms with E-state index in [0.29, 0.717) is 5.69 Å². The highest BCUT2D eigenvalue weighted by Gasteiger charge is 2.05. The first-order valence-electron chi connectivity index (χ1n) is 5.60. The Labute approximate surface area is 105 Å². The molecule has 4 nitrogen and oxygen atoms in total. The molecule has 0 saturated heterocycles. The van der Waals surface area contributed by atoms with Gasteiger partial charge in [0.05, 0.1) is 0 Å². The first-order chi connectivity index (χ1) is 8.56. The molecular weight excluding hydrogens is 228 g/mol. The van der Waals surface area contributed by atoms with E-state index >= 15 is 0 Å². The van der Waals surface area contributed by atoms with Crippen LogP contribution in [0.1, 0.15) is 21.6 Å². The summed E-state index contributed by atoms with van der Waals surface area (Å²) in [5.74, 6) is -1.03. The van der Waals surface area contributed by atoms with E-state index in [-0.39, 0.29) is 5.69 Å². The molecule has 1 aromatic heterocycles. The lowest BCUT2D eigenvalue weighted by molar-refractivity contribution is 0.0690. The largest absolute Gasteiger partial charge is 0.477 e. The summed E-state index contributed by atoms with van der Waals surface area (Å²) in [6.07, 6.45) is 1.48. The van der Waals surface area contributed by atoms with Gasteiger partial charge in [-0.25, -0.2) is 9.78 Å². The molecule has 0 fully saturated rings. The van der Waals surface area contributed by atoms with Gasteiger partial charge in [-0.1, -0.05) is 17.7 Å². The second-order valence-corrected chi connectivity index (χ2v) is 4.18. The summed E-state index contributed by atoms with van der Waals surface area (Å²) < 4.78 is 0. The standard InChI is InChI=1S/C14H14N2O2/c1-9-3-4-12(10(2)7-9)16-11-5-6-15-13(8-11)14(17)18/h3-8H,1-2H3,(H,15,16)(H,17,18). The van der Waals surface area contributed by atoms with Crippen molar-refractivity contribution in [1.82, 2.24) is 4.98 Å². The molecular formula is C14H14N2O2. The van der Waals surface area contributed by atoms with Crippen LogP contribution in [0.3, 0.4) is 0 Å². The third-order valence-electron chi connectivity index (χ3n) is 2.64. The zero-order valence-corrected chi connectivity index (χ0v) is 10.3. The Bertz CT molecular complexity index is 594. The fourth-order valence-electron chi connectivity index (χ4n) is 1.73. The number of hydrogen-bond acceptors (Lipinski definition) is 3. The van der Waals surface area contributed by atoms with Gasteiger partial charge in [-0.2, -0.15) is 0 Å². The Hall–Kier alpha value is -2.36. The fraction of sp³-hybridized carbons (Fsp3) is 0.143. The maximum atomic E-state index is 10.8. The molecule has 0 spiro atoms. The van der Waals surface area contributed by atoms with Crippen molar-refractivity contribution in [2.45, 2.75) is 13.8 Å². The molecule has 0 amide bonds. The van der Waals surface area contributed by atoms with Crippen LogP contribution in [-0.2, 0) is 0 Å². The minimum absolute atomic E-state index is 0.0322. The quantitative estimate of drug-likeness (QED) is 0.868. The molecule has 1 heterocycles. The summed E-state index contributed by atoms with van der Waals surface area (Å²) in [5.41, 5.74) is 4.02. The number of nitrogens with one attached hydrogen (secondary N) is 1. The van der Waals surface area contributed by atoms with Crippen LogP contribution in [0.4, 0.5) is 11.4 Å². The van der Waals surface area contributed by atoms with Gasteiger partial charge in [0.1, 0.15) is 5.69 Å². The molecule has 92 valence electrons. The predicted molar refractivity (Wildman–Crippen MR) is 70.4 cm³/mol. The number of rotatable bonds is 3. The number of carboxylic acid groups (broad SMARTS) is 1. The van der Waals surface area contributed by atoms with Gasteiger partial charge >= 0.3 is 5.97 Å². The molecule has 0 unspecified atom stereocenters. The summed E-state index contributed by atoms with van der Waals surface area (Å²) in [6.45, 7) is 4.04. The molecule has 2 N–H and O–H groups in total. The Balaban J connectivity index is 2.28. The molecule has 0 radical (unpaired) electrons. The zero-order chi connectivity index (χ0) is 13.1. The van der Waals surface area contributed by atoms with Crippen molar-refractivity contribution in [3.05, 3.63) is 53.3 Å². The maximum Gasteiger partial charge on any atom is 0.354 e. The van der Waals surface area contributed by atoms with Crippen LogP contribution >= 0.6 is 0 Å². The minimum atomic E-state index is -1.03. The van der Waals surface area contributed by atoms with Crippen molar-refractivity contribution < 1.29 is 9.90 Å². The summed E-state index contributed by atoms with van der Waals surface area (Å²) in [6, 6.07) is 9.31. The molecule has 2 aromatic rings. The normalized spacial score (nSPS) is 10.1. The lowest BCUT2D eigenvalue weighted by atomic mass is 10.1. The van der Waals surface area contributed by atoms with E-state index in [4.69, 9.17) is 5.11 Å². The van der Waals surface area contributed by atoms with Crippen LogP contribution in [0.5, 0.6) is 0 Å². The van der Waals surface area contributed by atoms with Crippen molar-refractivity contribution in [3.8, 4) is 0 Å². The first-order valence-corrected chi connectivity index (χ1v) is 5.60. The number of benzene rings is 1. The number of anilines is 2. The summed E-state index contributed by atoms with van der Waals surface area (Å²) in [4.78, 5) is 14.6. The lowest BCUT2D eigenvalue weighted by Gasteiger charge is -2.10. The molecule has 0 bridgehead atoms. The molecule has 0 aliphatic rings. The van der Waals surface area contributed by atoms with Crippen LogP contribution < -0.4 is 5.32 Å². The number of aryl methyl sites for hydroxylation is 2. The van der Waals surface area contributed by atoms with Crippen molar-refractivity contribution in [3.63, 3.8) is 0 Å². The van der Waals surface area contributed by atoms with E-state index in [9.17, 15) is 4.79 Å². The number of pyridine rings is 1. The van der Waals surface area contributed by atoms with Gasteiger partial charge in [0.15, 0.2) is 0 Å². The molecule has 18 heavy (non-hydrogen) atoms. The number of aromatic carboxylic acids is 1. The van der Waals surface area contributed by atoms with E-state index < -0.39 is 5.97 Å². The van der Waals surface area contributed by atoms with Gasteiger partial charge in [-0.3, -0.25) is 0 Å². The molecule has 0 saturated carbocycles. The number of aromatic nitrogens is 1. The van der Waals surface area contributed by atoms with E-state index in [1.165, 1.54) is 17.8 Å². The zero-order valence-electron chi connectivity index (χ0n) is 10.3. The van der Waals surface area contributed by atoms with E-state index in [2.05, 4.69) is 16.4 Å². The van der Waals surface area contributed by atoms with E-state index in [1.807, 2.05) is 26.0 Å². The Morgan fingerprint density at radius 1 is 1.22 bits per heavy atom. The Kier molecular flexibility index (Phi) is 3.28. The monoisotopic (exact) mass is 242 g/mol. The molecule has 0 atom stereocenters. The average Bonchev–Trinajstić information content (AvgIpc) is 2.33. The van der Waals surface area contributed by atoms with Crippen LogP contribution in [0.25, 0.3) is 0 Å². The second kappa shape index (κ2) is 4.87. The van der Waals surface area contributed by atoms with Crippen LogP contribution in [0.15, 0.2) is 36.5 Å². The molecule has 2 rings (SSSR count). The summed E-state index contributed by atoms with van der Waals surface area (Å²) in [7, 11) is 0. The smallest absolute Gasteiger partial charge is 0.354 e. The number of carbonyl (C=O) groups is 1. The highest BCUT2D eigenvalue weighted by atomic mass is 16.4. The third-order valence-corrected chi connectivity index (χ3v) is 2.64. The number of nitrogens with zero attached hydrogens (tertiary/aromatic N) is 1. The number of carboxylic acids is 1. The van der Waals surface area contributed by atoms with Gasteiger partial charge in [0, 0.05) is 17.6 Å². The van der Waals surface area contributed by atoms with Crippen LogP contribution in [-0.4, -0.2) is 16.1 Å². The van der Waals surface area contributed by atoms with Crippen molar-refractivity contribution in [1.29, 1.82) is 0 Å². The van der Waals surface area contributed by atoms with Crippen molar-refractivity contribution in [2.75, 3.05) is 5.32 Å². The number of hydrogen-bond donors (Lipinski definition) is 2. The highest BCUT2D eigenvalue weighted by molar-refractivity contribution is 5.86. The summed E-state index contributed by atoms with van der Waals surface area (Å²) >= 11 is 0. The molecule has 0 aliphatic heterocycles. The first kappa shape index (κ1) is 12.1. The van der Waals surface area contributed by atoms with Gasteiger partial charge in [0.25, 0.3) is 0 Å². The van der Waals surface area contributed by atoms with Gasteiger partial charge in [0.2, 0.25) is 0 Å². The second-order valence-electron chi connectivity index (χ2n) is 4.18. The van der Waals surface area contributed by atoms with Crippen molar-refractivity contribution >= 4 is 17.3 Å². The molecule has 4 heteroatoms. The average molecular weight is 242 g/mol. The molecule has 0 aliphatic carbocycles. The van der Waals surface area contributed by atoms with Gasteiger partial charge < -0.3 is 10.4 Å². The topological polar surface area (TPSA) is 62.2 Å². The Morgan fingerprint density at radius 2 is 2.00 bits per heavy atom. The van der Waals surface area contributed by atoms with Gasteiger partial charge in [-0.15, -0.1) is 0 Å². The van der Waals surface area contributed by atoms with E-state index in [0.717, 1.165) is 11.3 Å². The maximum absolute atomic E-state index is 10.8. The fourth-order valence-corrected chi connectivity index (χ4v) is 1.73. The van der Waals surface area contributed by atoms with Crippen molar-refractivity contribution in [2.24, 2.45) is 0 Å². The summed E-state index contributed by atoms with van der Waals surface area (Å²) in [5, 5.41) is 12.1. The van der Waals surface area contributed by atoms with Crippen LogP contribution in [0, 0.1) is 13.8 Å². The minimum Gasteiger partial charge on any atom is -0.477 e. The third kappa shape index (κ3) is 2.66. The lowest BCUT2D eigenvalue weighted by Crippen LogP contribution is -2.01. The highest BCUT2D eigenvalue weighted by Crippen LogP contribution is 2.21. The van der Waals surface area contributed by atoms with E-state index in [1.54, 1.807) is 6.07 Å². The Morgan fingerprint density at radius 3 is 2.67 bits per heavy atom. The predicted octanol–water partition coefficient (Wildman–Crippen LogP) is 3.14. The van der Waals surface area contributed by atoms with Crippen LogP contribution in [0.2, 0.25) is 0 Å². The molecule has 1 aromatic carbocycles.